The lowest BCUT2D eigenvalue weighted by atomic mass is 10.0. The van der Waals surface area contributed by atoms with E-state index in [1.165, 1.54) is 12.1 Å². The molecule has 16 heavy (non-hydrogen) atoms. The number of nitrogens with zero attached hydrogens (tertiary/aromatic N) is 1. The molecule has 0 aliphatic rings. The molecule has 0 saturated carbocycles. The average Bonchev–Trinajstić information content (AvgIpc) is 2.29. The maximum Gasteiger partial charge on any atom is 0.129 e. The van der Waals surface area contributed by atoms with E-state index in [4.69, 9.17) is 10.5 Å². The summed E-state index contributed by atoms with van der Waals surface area (Å²) in [5, 5.41) is 0. The number of anilines is 1. The Balaban J connectivity index is 2.58. The summed E-state index contributed by atoms with van der Waals surface area (Å²) in [5.74, 6) is 0.303. The second-order valence-corrected chi connectivity index (χ2v) is 3.31. The van der Waals surface area contributed by atoms with Gasteiger partial charge in [0.25, 0.3) is 0 Å². The van der Waals surface area contributed by atoms with E-state index >= 15 is 0 Å². The van der Waals surface area contributed by atoms with Crippen molar-refractivity contribution < 1.29 is 9.13 Å². The van der Waals surface area contributed by atoms with Crippen molar-refractivity contribution >= 4 is 5.69 Å². The number of nitrogen functional groups attached to an aromatic ring is 1. The third kappa shape index (κ3) is 1.82. The van der Waals surface area contributed by atoms with Crippen molar-refractivity contribution in [3.63, 3.8) is 0 Å². The standard InChI is InChI=1S/C12H11FN2O/c1-16-12-4-5-15-7-10(12)9-3-2-8(13)6-11(9)14/h2-7H,14H2,1H3. The van der Waals surface area contributed by atoms with Gasteiger partial charge < -0.3 is 10.5 Å². The Labute approximate surface area is 92.7 Å². The number of benzene rings is 1. The van der Waals surface area contributed by atoms with Crippen LogP contribution in [0.3, 0.4) is 0 Å². The highest BCUT2D eigenvalue weighted by atomic mass is 19.1. The van der Waals surface area contributed by atoms with Crippen LogP contribution in [0.5, 0.6) is 5.75 Å². The van der Waals surface area contributed by atoms with Crippen molar-refractivity contribution in [1.82, 2.24) is 4.98 Å². The normalized spacial score (nSPS) is 10.1. The fourth-order valence-electron chi connectivity index (χ4n) is 1.54. The van der Waals surface area contributed by atoms with Gasteiger partial charge in [0.15, 0.2) is 0 Å². The van der Waals surface area contributed by atoms with Gasteiger partial charge in [0.2, 0.25) is 0 Å². The Morgan fingerprint density at radius 3 is 2.75 bits per heavy atom. The average molecular weight is 218 g/mol. The van der Waals surface area contributed by atoms with Crippen LogP contribution in [0.4, 0.5) is 10.1 Å². The summed E-state index contributed by atoms with van der Waals surface area (Å²) in [4.78, 5) is 4.00. The second kappa shape index (κ2) is 4.18. The third-order valence-corrected chi connectivity index (χ3v) is 2.30. The molecule has 0 saturated heterocycles. The van der Waals surface area contributed by atoms with Crippen molar-refractivity contribution in [3.05, 3.63) is 42.5 Å². The van der Waals surface area contributed by atoms with Crippen molar-refractivity contribution in [3.8, 4) is 16.9 Å². The summed E-state index contributed by atoms with van der Waals surface area (Å²) in [7, 11) is 1.57. The van der Waals surface area contributed by atoms with Crippen molar-refractivity contribution in [2.24, 2.45) is 0 Å². The first-order valence-electron chi connectivity index (χ1n) is 4.76. The van der Waals surface area contributed by atoms with Crippen LogP contribution in [0.25, 0.3) is 11.1 Å². The Hall–Kier alpha value is -2.10. The molecular weight excluding hydrogens is 207 g/mol. The number of hydrogen-bond donors (Lipinski definition) is 1. The molecule has 82 valence electrons. The van der Waals surface area contributed by atoms with Gasteiger partial charge in [-0.25, -0.2) is 4.39 Å². The first-order chi connectivity index (χ1) is 7.72. The van der Waals surface area contributed by atoms with E-state index in [1.807, 2.05) is 0 Å². The molecule has 2 rings (SSSR count). The number of methoxy groups -OCH3 is 1. The van der Waals surface area contributed by atoms with Gasteiger partial charge in [-0.15, -0.1) is 0 Å². The summed E-state index contributed by atoms with van der Waals surface area (Å²) < 4.78 is 18.1. The molecule has 0 aliphatic heterocycles. The molecule has 0 amide bonds. The minimum Gasteiger partial charge on any atom is -0.496 e. The molecule has 3 nitrogen and oxygen atoms in total. The molecule has 0 radical (unpaired) electrons. The molecule has 0 fully saturated rings. The number of ether oxygens (including phenoxy) is 1. The van der Waals surface area contributed by atoms with Gasteiger partial charge in [-0.3, -0.25) is 4.98 Å². The van der Waals surface area contributed by atoms with Gasteiger partial charge in [-0.2, -0.15) is 0 Å². The Bertz CT molecular complexity index is 514. The summed E-state index contributed by atoms with van der Waals surface area (Å²) >= 11 is 0. The van der Waals surface area contributed by atoms with Crippen LogP contribution in [0.15, 0.2) is 36.7 Å². The summed E-state index contributed by atoms with van der Waals surface area (Å²) in [6.45, 7) is 0. The van der Waals surface area contributed by atoms with Crippen LogP contribution in [-0.4, -0.2) is 12.1 Å². The first-order valence-corrected chi connectivity index (χ1v) is 4.76. The molecule has 0 unspecified atom stereocenters. The van der Waals surface area contributed by atoms with Crippen LogP contribution >= 0.6 is 0 Å². The van der Waals surface area contributed by atoms with E-state index in [0.29, 0.717) is 17.0 Å². The molecule has 1 aromatic heterocycles. The predicted octanol–water partition coefficient (Wildman–Crippen LogP) is 2.48. The van der Waals surface area contributed by atoms with Gasteiger partial charge in [0, 0.05) is 29.2 Å². The zero-order valence-corrected chi connectivity index (χ0v) is 8.77. The predicted molar refractivity (Wildman–Crippen MR) is 60.6 cm³/mol. The smallest absolute Gasteiger partial charge is 0.129 e. The summed E-state index contributed by atoms with van der Waals surface area (Å²) in [6.07, 6.45) is 3.27. The minimum atomic E-state index is -0.357. The molecule has 1 aromatic carbocycles. The van der Waals surface area contributed by atoms with E-state index in [1.54, 1.807) is 31.6 Å². The molecular formula is C12H11FN2O. The van der Waals surface area contributed by atoms with E-state index < -0.39 is 0 Å². The quantitative estimate of drug-likeness (QED) is 0.788. The second-order valence-electron chi connectivity index (χ2n) is 3.31. The molecule has 0 bridgehead atoms. The summed E-state index contributed by atoms with van der Waals surface area (Å²) in [5.41, 5.74) is 7.59. The highest BCUT2D eigenvalue weighted by Crippen LogP contribution is 2.32. The van der Waals surface area contributed by atoms with Gasteiger partial charge in [0.1, 0.15) is 11.6 Å². The molecule has 0 atom stereocenters. The van der Waals surface area contributed by atoms with Gasteiger partial charge in [0.05, 0.1) is 7.11 Å². The zero-order chi connectivity index (χ0) is 11.5. The molecule has 4 heteroatoms. The van der Waals surface area contributed by atoms with E-state index in [2.05, 4.69) is 4.98 Å². The third-order valence-electron chi connectivity index (χ3n) is 2.30. The highest BCUT2D eigenvalue weighted by molar-refractivity contribution is 5.79. The number of aromatic nitrogens is 1. The van der Waals surface area contributed by atoms with Crippen LogP contribution < -0.4 is 10.5 Å². The number of rotatable bonds is 2. The van der Waals surface area contributed by atoms with Gasteiger partial charge in [-0.1, -0.05) is 0 Å². The van der Waals surface area contributed by atoms with Crippen LogP contribution in [0.1, 0.15) is 0 Å². The summed E-state index contributed by atoms with van der Waals surface area (Å²) in [6, 6.07) is 5.99. The van der Waals surface area contributed by atoms with Crippen molar-refractivity contribution in [1.29, 1.82) is 0 Å². The topological polar surface area (TPSA) is 48.1 Å². The van der Waals surface area contributed by atoms with Crippen LogP contribution in [-0.2, 0) is 0 Å². The van der Waals surface area contributed by atoms with Crippen molar-refractivity contribution in [2.75, 3.05) is 12.8 Å². The van der Waals surface area contributed by atoms with Crippen LogP contribution in [0, 0.1) is 5.82 Å². The lowest BCUT2D eigenvalue weighted by molar-refractivity contribution is 0.416. The molecule has 2 N–H and O–H groups in total. The van der Waals surface area contributed by atoms with Gasteiger partial charge in [-0.05, 0) is 24.3 Å². The molecule has 2 aromatic rings. The number of pyridine rings is 1. The zero-order valence-electron chi connectivity index (χ0n) is 8.77. The monoisotopic (exact) mass is 218 g/mol. The SMILES string of the molecule is COc1ccncc1-c1ccc(F)cc1N. The first kappa shape index (κ1) is 10.4. The highest BCUT2D eigenvalue weighted by Gasteiger charge is 2.09. The van der Waals surface area contributed by atoms with E-state index in [0.717, 1.165) is 5.56 Å². The maximum atomic E-state index is 12.9. The Morgan fingerprint density at radius 2 is 2.06 bits per heavy atom. The number of halogens is 1. The van der Waals surface area contributed by atoms with Gasteiger partial charge >= 0.3 is 0 Å². The molecule has 0 aliphatic carbocycles. The Kier molecular flexibility index (Phi) is 2.72. The number of nitrogens with two attached hydrogens (primary N) is 1. The van der Waals surface area contributed by atoms with E-state index in [-0.39, 0.29) is 5.82 Å². The van der Waals surface area contributed by atoms with Crippen LogP contribution in [0.2, 0.25) is 0 Å². The molecule has 0 spiro atoms. The minimum absolute atomic E-state index is 0.357. The lowest BCUT2D eigenvalue weighted by Crippen LogP contribution is -1.94. The lowest BCUT2D eigenvalue weighted by Gasteiger charge is -2.09. The Morgan fingerprint density at radius 1 is 1.25 bits per heavy atom. The fourth-order valence-corrected chi connectivity index (χ4v) is 1.54. The largest absolute Gasteiger partial charge is 0.496 e. The van der Waals surface area contributed by atoms with Crippen molar-refractivity contribution in [2.45, 2.75) is 0 Å². The van der Waals surface area contributed by atoms with E-state index in [9.17, 15) is 4.39 Å². The number of hydrogen-bond acceptors (Lipinski definition) is 3. The fraction of sp³-hybridized carbons (Fsp3) is 0.0833. The molecule has 1 heterocycles. The maximum absolute atomic E-state index is 12.9.